The van der Waals surface area contributed by atoms with Crippen molar-refractivity contribution in [2.45, 2.75) is 13.8 Å². The highest BCUT2D eigenvalue weighted by molar-refractivity contribution is 9.11. The third-order valence-electron chi connectivity index (χ3n) is 2.55. The van der Waals surface area contributed by atoms with Gasteiger partial charge < -0.3 is 5.32 Å². The average Bonchev–Trinajstić information content (AvgIpc) is 2.75. The molecule has 1 amide bonds. The van der Waals surface area contributed by atoms with Crippen molar-refractivity contribution in [2.75, 3.05) is 17.2 Å². The number of nitrogens with zero attached hydrogens (tertiary/aromatic N) is 1. The first kappa shape index (κ1) is 14.0. The lowest BCUT2D eigenvalue weighted by molar-refractivity contribution is 0.102. The highest BCUT2D eigenvalue weighted by atomic mass is 79.9. The normalized spacial score (nSPS) is 10.3. The Balaban J connectivity index is 2.15. The van der Waals surface area contributed by atoms with Gasteiger partial charge in [0.15, 0.2) is 5.13 Å². The third-order valence-corrected chi connectivity index (χ3v) is 3.94. The maximum atomic E-state index is 12.1. The van der Waals surface area contributed by atoms with E-state index >= 15 is 0 Å². The summed E-state index contributed by atoms with van der Waals surface area (Å²) >= 11 is 4.71. The molecule has 0 aliphatic rings. The zero-order chi connectivity index (χ0) is 13.8. The smallest absolute Gasteiger partial charge is 0.257 e. The number of carbonyl (C=O) groups is 1. The Hall–Kier alpha value is -1.40. The summed E-state index contributed by atoms with van der Waals surface area (Å²) in [4.78, 5) is 16.2. The van der Waals surface area contributed by atoms with E-state index in [2.05, 4.69) is 31.5 Å². The van der Waals surface area contributed by atoms with Crippen LogP contribution in [-0.4, -0.2) is 17.4 Å². The summed E-state index contributed by atoms with van der Waals surface area (Å²) in [6, 6.07) is 5.70. The molecule has 0 aliphatic carbocycles. The Bertz CT molecular complexity index is 597. The second-order valence-electron chi connectivity index (χ2n) is 3.98. The summed E-state index contributed by atoms with van der Waals surface area (Å²) in [7, 11) is 0. The van der Waals surface area contributed by atoms with E-state index in [-0.39, 0.29) is 5.91 Å². The molecule has 1 aromatic heterocycles. The van der Waals surface area contributed by atoms with E-state index in [4.69, 9.17) is 0 Å². The molecule has 0 unspecified atom stereocenters. The molecule has 0 radical (unpaired) electrons. The summed E-state index contributed by atoms with van der Waals surface area (Å²) in [5.41, 5.74) is 2.62. The number of rotatable bonds is 4. The van der Waals surface area contributed by atoms with Crippen LogP contribution in [-0.2, 0) is 0 Å². The standard InChI is InChI=1S/C13H14BrN3OS/c1-3-15-9-4-5-10(8(2)6-9)12(18)17-13-16-7-11(14)19-13/h4-7,15H,3H2,1-2H3,(H,16,17,18). The number of halogens is 1. The number of hydrogen-bond acceptors (Lipinski definition) is 4. The topological polar surface area (TPSA) is 54.0 Å². The summed E-state index contributed by atoms with van der Waals surface area (Å²) in [5.74, 6) is -0.137. The number of amides is 1. The van der Waals surface area contributed by atoms with Gasteiger partial charge in [-0.05, 0) is 53.5 Å². The molecule has 0 atom stereocenters. The van der Waals surface area contributed by atoms with Gasteiger partial charge in [-0.25, -0.2) is 4.98 Å². The molecule has 2 rings (SSSR count). The van der Waals surface area contributed by atoms with E-state index < -0.39 is 0 Å². The van der Waals surface area contributed by atoms with Gasteiger partial charge in [-0.1, -0.05) is 11.3 Å². The molecule has 0 bridgehead atoms. The molecular formula is C13H14BrN3OS. The van der Waals surface area contributed by atoms with Crippen LogP contribution in [0.2, 0.25) is 0 Å². The molecule has 19 heavy (non-hydrogen) atoms. The Labute approximate surface area is 124 Å². The molecule has 0 aliphatic heterocycles. The van der Waals surface area contributed by atoms with Gasteiger partial charge in [0.1, 0.15) is 0 Å². The van der Waals surface area contributed by atoms with Crippen LogP contribution < -0.4 is 10.6 Å². The van der Waals surface area contributed by atoms with Gasteiger partial charge in [0.25, 0.3) is 5.91 Å². The fourth-order valence-corrected chi connectivity index (χ4v) is 2.81. The average molecular weight is 340 g/mol. The Morgan fingerprint density at radius 2 is 2.26 bits per heavy atom. The van der Waals surface area contributed by atoms with Crippen LogP contribution in [0, 0.1) is 6.92 Å². The molecule has 100 valence electrons. The monoisotopic (exact) mass is 339 g/mol. The van der Waals surface area contributed by atoms with Gasteiger partial charge in [-0.15, -0.1) is 0 Å². The maximum Gasteiger partial charge on any atom is 0.257 e. The van der Waals surface area contributed by atoms with Gasteiger partial charge in [0.05, 0.1) is 9.98 Å². The zero-order valence-corrected chi connectivity index (χ0v) is 13.1. The lowest BCUT2D eigenvalue weighted by atomic mass is 10.1. The second kappa shape index (κ2) is 6.16. The van der Waals surface area contributed by atoms with Crippen molar-refractivity contribution >= 4 is 44.0 Å². The van der Waals surface area contributed by atoms with Crippen LogP contribution in [0.1, 0.15) is 22.8 Å². The minimum Gasteiger partial charge on any atom is -0.385 e. The first-order valence-electron chi connectivity index (χ1n) is 5.87. The Kier molecular flexibility index (Phi) is 4.55. The molecule has 4 nitrogen and oxygen atoms in total. The highest BCUT2D eigenvalue weighted by Crippen LogP contribution is 2.24. The number of carbonyl (C=O) groups excluding carboxylic acids is 1. The maximum absolute atomic E-state index is 12.1. The van der Waals surface area contributed by atoms with Crippen LogP contribution >= 0.6 is 27.3 Å². The minimum absolute atomic E-state index is 0.137. The predicted molar refractivity (Wildman–Crippen MR) is 83.1 cm³/mol. The van der Waals surface area contributed by atoms with Gasteiger partial charge in [0.2, 0.25) is 0 Å². The number of hydrogen-bond donors (Lipinski definition) is 2. The van der Waals surface area contributed by atoms with Gasteiger partial charge in [0, 0.05) is 17.8 Å². The first-order chi connectivity index (χ1) is 9.10. The molecule has 0 spiro atoms. The molecule has 1 aromatic carbocycles. The molecular weight excluding hydrogens is 326 g/mol. The van der Waals surface area contributed by atoms with Crippen molar-refractivity contribution in [1.82, 2.24) is 4.98 Å². The number of aromatic nitrogens is 1. The molecule has 2 N–H and O–H groups in total. The Morgan fingerprint density at radius 3 is 2.84 bits per heavy atom. The first-order valence-corrected chi connectivity index (χ1v) is 7.48. The summed E-state index contributed by atoms with van der Waals surface area (Å²) in [6.45, 7) is 4.82. The van der Waals surface area contributed by atoms with Crippen molar-refractivity contribution in [3.05, 3.63) is 39.3 Å². The molecule has 0 saturated heterocycles. The Morgan fingerprint density at radius 1 is 1.47 bits per heavy atom. The van der Waals surface area contributed by atoms with E-state index in [0.717, 1.165) is 21.6 Å². The molecule has 1 heterocycles. The minimum atomic E-state index is -0.137. The van der Waals surface area contributed by atoms with Crippen LogP contribution in [0.5, 0.6) is 0 Å². The van der Waals surface area contributed by atoms with Gasteiger partial charge in [-0.2, -0.15) is 0 Å². The quantitative estimate of drug-likeness (QED) is 0.888. The fraction of sp³-hybridized carbons (Fsp3) is 0.231. The van der Waals surface area contributed by atoms with Crippen LogP contribution in [0.15, 0.2) is 28.2 Å². The van der Waals surface area contributed by atoms with E-state index in [1.807, 2.05) is 32.0 Å². The van der Waals surface area contributed by atoms with Crippen molar-refractivity contribution in [3.63, 3.8) is 0 Å². The highest BCUT2D eigenvalue weighted by Gasteiger charge is 2.11. The van der Waals surface area contributed by atoms with Gasteiger partial charge >= 0.3 is 0 Å². The summed E-state index contributed by atoms with van der Waals surface area (Å²) < 4.78 is 0.891. The SMILES string of the molecule is CCNc1ccc(C(=O)Nc2ncc(Br)s2)c(C)c1. The van der Waals surface area contributed by atoms with E-state index in [9.17, 15) is 4.79 Å². The molecule has 0 saturated carbocycles. The number of thiazole rings is 1. The van der Waals surface area contributed by atoms with Crippen LogP contribution in [0.25, 0.3) is 0 Å². The number of nitrogens with one attached hydrogen (secondary N) is 2. The van der Waals surface area contributed by atoms with E-state index in [1.54, 1.807) is 6.20 Å². The zero-order valence-electron chi connectivity index (χ0n) is 10.7. The fourth-order valence-electron chi connectivity index (χ4n) is 1.71. The second-order valence-corrected chi connectivity index (χ2v) is 6.39. The van der Waals surface area contributed by atoms with Gasteiger partial charge in [-0.3, -0.25) is 10.1 Å². The lowest BCUT2D eigenvalue weighted by Crippen LogP contribution is -2.13. The predicted octanol–water partition coefficient (Wildman–Crippen LogP) is 3.90. The molecule has 0 fully saturated rings. The third kappa shape index (κ3) is 3.54. The summed E-state index contributed by atoms with van der Waals surface area (Å²) in [6.07, 6.45) is 1.67. The van der Waals surface area contributed by atoms with Crippen molar-refractivity contribution in [2.24, 2.45) is 0 Å². The largest absolute Gasteiger partial charge is 0.385 e. The molecule has 6 heteroatoms. The van der Waals surface area contributed by atoms with E-state index in [0.29, 0.717) is 10.7 Å². The van der Waals surface area contributed by atoms with Crippen LogP contribution in [0.3, 0.4) is 0 Å². The summed E-state index contributed by atoms with van der Waals surface area (Å²) in [5, 5.41) is 6.60. The van der Waals surface area contributed by atoms with Crippen LogP contribution in [0.4, 0.5) is 10.8 Å². The van der Waals surface area contributed by atoms with Crippen molar-refractivity contribution in [1.29, 1.82) is 0 Å². The number of aryl methyl sites for hydroxylation is 1. The van der Waals surface area contributed by atoms with E-state index in [1.165, 1.54) is 11.3 Å². The molecule has 2 aromatic rings. The number of benzene rings is 1. The lowest BCUT2D eigenvalue weighted by Gasteiger charge is -2.08. The number of anilines is 2. The van der Waals surface area contributed by atoms with Crippen molar-refractivity contribution in [3.8, 4) is 0 Å². The van der Waals surface area contributed by atoms with Crippen molar-refractivity contribution < 1.29 is 4.79 Å².